The SMILES string of the molecule is Cc1ccc(C(NC(=O)/C=C/c2cn(CCC#N)c3ccccc23)c2cccs2)cc1. The van der Waals surface area contributed by atoms with Gasteiger partial charge in [-0.05, 0) is 36.1 Å². The third-order valence-corrected chi connectivity index (χ3v) is 6.16. The van der Waals surface area contributed by atoms with E-state index in [0.717, 1.165) is 26.9 Å². The normalized spacial score (nSPS) is 12.1. The van der Waals surface area contributed by atoms with Crippen molar-refractivity contribution in [2.24, 2.45) is 0 Å². The molecule has 0 aliphatic rings. The van der Waals surface area contributed by atoms with E-state index in [1.165, 1.54) is 5.56 Å². The second-order valence-corrected chi connectivity index (χ2v) is 8.38. The lowest BCUT2D eigenvalue weighted by Crippen LogP contribution is -2.27. The van der Waals surface area contributed by atoms with Crippen LogP contribution in [0.25, 0.3) is 17.0 Å². The summed E-state index contributed by atoms with van der Waals surface area (Å²) in [7, 11) is 0. The number of nitrogens with zero attached hydrogens (tertiary/aromatic N) is 2. The molecule has 0 saturated carbocycles. The molecule has 0 bridgehead atoms. The van der Waals surface area contributed by atoms with E-state index in [1.807, 2.05) is 54.1 Å². The minimum Gasteiger partial charge on any atom is -0.346 e. The topological polar surface area (TPSA) is 57.8 Å². The largest absolute Gasteiger partial charge is 0.346 e. The Hall–Kier alpha value is -3.62. The van der Waals surface area contributed by atoms with E-state index in [2.05, 4.69) is 47.1 Å². The Morgan fingerprint density at radius 3 is 2.71 bits per heavy atom. The van der Waals surface area contributed by atoms with Gasteiger partial charge in [-0.15, -0.1) is 11.3 Å². The van der Waals surface area contributed by atoms with E-state index in [4.69, 9.17) is 5.26 Å². The number of thiophene rings is 1. The quantitative estimate of drug-likeness (QED) is 0.378. The Morgan fingerprint density at radius 2 is 1.97 bits per heavy atom. The first-order valence-corrected chi connectivity index (χ1v) is 11.1. The zero-order valence-corrected chi connectivity index (χ0v) is 18.1. The van der Waals surface area contributed by atoms with Crippen LogP contribution in [0.3, 0.4) is 0 Å². The molecule has 0 spiro atoms. The number of hydrogen-bond acceptors (Lipinski definition) is 3. The van der Waals surface area contributed by atoms with Crippen LogP contribution in [0.15, 0.2) is 78.3 Å². The molecule has 2 aromatic heterocycles. The highest BCUT2D eigenvalue weighted by Gasteiger charge is 2.17. The van der Waals surface area contributed by atoms with Crippen molar-refractivity contribution < 1.29 is 4.79 Å². The Kier molecular flexibility index (Phi) is 6.30. The van der Waals surface area contributed by atoms with Crippen LogP contribution in [-0.4, -0.2) is 10.5 Å². The number of aromatic nitrogens is 1. The maximum Gasteiger partial charge on any atom is 0.244 e. The summed E-state index contributed by atoms with van der Waals surface area (Å²) in [6.45, 7) is 2.68. The van der Waals surface area contributed by atoms with E-state index in [-0.39, 0.29) is 11.9 Å². The molecule has 1 unspecified atom stereocenters. The predicted octanol–water partition coefficient (Wildman–Crippen LogP) is 5.84. The maximum absolute atomic E-state index is 12.8. The van der Waals surface area contributed by atoms with Crippen molar-refractivity contribution in [2.75, 3.05) is 0 Å². The molecule has 1 atom stereocenters. The van der Waals surface area contributed by atoms with Gasteiger partial charge < -0.3 is 9.88 Å². The summed E-state index contributed by atoms with van der Waals surface area (Å²) < 4.78 is 2.07. The molecule has 4 rings (SSSR count). The molecule has 5 heteroatoms. The zero-order chi connectivity index (χ0) is 21.6. The lowest BCUT2D eigenvalue weighted by Gasteiger charge is -2.17. The highest BCUT2D eigenvalue weighted by molar-refractivity contribution is 7.10. The van der Waals surface area contributed by atoms with Crippen LogP contribution in [0.5, 0.6) is 0 Å². The third-order valence-electron chi connectivity index (χ3n) is 5.22. The van der Waals surface area contributed by atoms with E-state index >= 15 is 0 Å². The summed E-state index contributed by atoms with van der Waals surface area (Å²) in [5.74, 6) is -0.146. The van der Waals surface area contributed by atoms with E-state index in [1.54, 1.807) is 17.4 Å². The van der Waals surface area contributed by atoms with Gasteiger partial charge in [-0.2, -0.15) is 5.26 Å². The second-order valence-electron chi connectivity index (χ2n) is 7.40. The summed E-state index contributed by atoms with van der Waals surface area (Å²) in [6.07, 6.45) is 5.89. The van der Waals surface area contributed by atoms with Crippen LogP contribution < -0.4 is 5.32 Å². The number of amides is 1. The second kappa shape index (κ2) is 9.46. The van der Waals surface area contributed by atoms with E-state index < -0.39 is 0 Å². The van der Waals surface area contributed by atoms with Gasteiger partial charge in [0.05, 0.1) is 18.5 Å². The average molecular weight is 426 g/mol. The van der Waals surface area contributed by atoms with Crippen molar-refractivity contribution in [3.05, 3.63) is 99.9 Å². The lowest BCUT2D eigenvalue weighted by molar-refractivity contribution is -0.116. The number of nitrogens with one attached hydrogen (secondary N) is 1. The number of hydrogen-bond donors (Lipinski definition) is 1. The molecule has 4 nitrogen and oxygen atoms in total. The molecule has 2 aromatic carbocycles. The van der Waals surface area contributed by atoms with Crippen molar-refractivity contribution in [2.45, 2.75) is 25.9 Å². The fourth-order valence-corrected chi connectivity index (χ4v) is 4.45. The molecular weight excluding hydrogens is 402 g/mol. The summed E-state index contributed by atoms with van der Waals surface area (Å²) >= 11 is 1.63. The Morgan fingerprint density at radius 1 is 1.16 bits per heavy atom. The molecule has 0 saturated heterocycles. The third kappa shape index (κ3) is 4.76. The fourth-order valence-electron chi connectivity index (χ4n) is 3.65. The average Bonchev–Trinajstić information content (AvgIpc) is 3.44. The monoisotopic (exact) mass is 425 g/mol. The van der Waals surface area contributed by atoms with Crippen molar-refractivity contribution in [1.29, 1.82) is 5.26 Å². The maximum atomic E-state index is 12.8. The number of carbonyl (C=O) groups is 1. The number of fused-ring (bicyclic) bond motifs is 1. The van der Waals surface area contributed by atoms with Crippen molar-refractivity contribution in [3.63, 3.8) is 0 Å². The van der Waals surface area contributed by atoms with Crippen molar-refractivity contribution in [3.8, 4) is 6.07 Å². The highest BCUT2D eigenvalue weighted by Crippen LogP contribution is 2.27. The number of nitriles is 1. The lowest BCUT2D eigenvalue weighted by atomic mass is 10.0. The van der Waals surface area contributed by atoms with E-state index in [9.17, 15) is 4.79 Å². The molecule has 0 radical (unpaired) electrons. The standard InChI is InChI=1S/C26H23N3OS/c1-19-9-11-20(12-10-19)26(24-8-4-17-31-24)28-25(30)14-13-21-18-29(16-5-15-27)23-7-3-2-6-22(21)23/h2-4,6-14,17-18,26H,5,16H2,1H3,(H,28,30)/b14-13+. The molecular formula is C26H23N3OS. The number of aryl methyl sites for hydroxylation is 2. The molecule has 0 fully saturated rings. The molecule has 4 aromatic rings. The fraction of sp³-hybridized carbons (Fsp3) is 0.154. The first kappa shape index (κ1) is 20.6. The van der Waals surface area contributed by atoms with Crippen LogP contribution in [-0.2, 0) is 11.3 Å². The van der Waals surface area contributed by atoms with Crippen LogP contribution in [0.4, 0.5) is 0 Å². The summed E-state index contributed by atoms with van der Waals surface area (Å²) in [4.78, 5) is 13.9. The Bertz CT molecular complexity index is 1240. The van der Waals surface area contributed by atoms with Gasteiger partial charge >= 0.3 is 0 Å². The Labute approximate surface area is 186 Å². The summed E-state index contributed by atoms with van der Waals surface area (Å²) in [5.41, 5.74) is 4.27. The number of para-hydroxylation sites is 1. The van der Waals surface area contributed by atoms with Gasteiger partial charge in [-0.25, -0.2) is 0 Å². The first-order valence-electron chi connectivity index (χ1n) is 10.2. The molecule has 154 valence electrons. The predicted molar refractivity (Wildman–Crippen MR) is 127 cm³/mol. The molecule has 31 heavy (non-hydrogen) atoms. The van der Waals surface area contributed by atoms with Crippen LogP contribution in [0.1, 0.15) is 34.0 Å². The van der Waals surface area contributed by atoms with Gasteiger partial charge in [-0.1, -0.05) is 54.1 Å². The minimum atomic E-state index is -0.185. The van der Waals surface area contributed by atoms with Gasteiger partial charge in [0.2, 0.25) is 5.91 Å². The Balaban J connectivity index is 1.57. The summed E-state index contributed by atoms with van der Waals surface area (Å²) in [6, 6.07) is 22.3. The molecule has 1 N–H and O–H groups in total. The van der Waals surface area contributed by atoms with Gasteiger partial charge in [-0.3, -0.25) is 4.79 Å². The first-order chi connectivity index (χ1) is 15.2. The smallest absolute Gasteiger partial charge is 0.244 e. The van der Waals surface area contributed by atoms with Gasteiger partial charge in [0.25, 0.3) is 0 Å². The number of rotatable bonds is 7. The molecule has 1 amide bonds. The highest BCUT2D eigenvalue weighted by atomic mass is 32.1. The van der Waals surface area contributed by atoms with Crippen LogP contribution in [0, 0.1) is 18.3 Å². The van der Waals surface area contributed by atoms with Gasteiger partial charge in [0, 0.05) is 40.2 Å². The molecule has 2 heterocycles. The van der Waals surface area contributed by atoms with Crippen LogP contribution in [0.2, 0.25) is 0 Å². The number of carbonyl (C=O) groups excluding carboxylic acids is 1. The van der Waals surface area contributed by atoms with Crippen molar-refractivity contribution >= 4 is 34.2 Å². The molecule has 0 aliphatic carbocycles. The minimum absolute atomic E-state index is 0.146. The number of benzene rings is 2. The zero-order valence-electron chi connectivity index (χ0n) is 17.3. The van der Waals surface area contributed by atoms with Gasteiger partial charge in [0.1, 0.15) is 0 Å². The van der Waals surface area contributed by atoms with Gasteiger partial charge in [0.15, 0.2) is 0 Å². The molecule has 0 aliphatic heterocycles. The summed E-state index contributed by atoms with van der Waals surface area (Å²) in [5, 5.41) is 15.2. The van der Waals surface area contributed by atoms with Crippen LogP contribution >= 0.6 is 11.3 Å². The van der Waals surface area contributed by atoms with E-state index in [0.29, 0.717) is 13.0 Å². The van der Waals surface area contributed by atoms with Crippen molar-refractivity contribution in [1.82, 2.24) is 9.88 Å².